The minimum atomic E-state index is -1.17. The minimum absolute atomic E-state index is 0.707. The van der Waals surface area contributed by atoms with Crippen LogP contribution in [0.3, 0.4) is 0 Å². The van der Waals surface area contributed by atoms with Gasteiger partial charge < -0.3 is 0 Å². The highest BCUT2D eigenvalue weighted by Crippen LogP contribution is 2.19. The minimum Gasteiger partial charge on any atom is -0.144 e. The summed E-state index contributed by atoms with van der Waals surface area (Å²) in [5.74, 6) is 0. The maximum atomic E-state index is 6.89. The summed E-state index contributed by atoms with van der Waals surface area (Å²) >= 11 is 6.89. The van der Waals surface area contributed by atoms with Crippen LogP contribution in [0.4, 0.5) is 0 Å². The maximum absolute atomic E-state index is 6.89. The van der Waals surface area contributed by atoms with E-state index in [9.17, 15) is 0 Å². The molecule has 0 aliphatic carbocycles. The highest BCUT2D eigenvalue weighted by molar-refractivity contribution is 7.62. The van der Waals surface area contributed by atoms with E-state index in [1.807, 2.05) is 4.42 Å². The van der Waals surface area contributed by atoms with Gasteiger partial charge in [0.1, 0.15) is 7.24 Å². The van der Waals surface area contributed by atoms with Crippen molar-refractivity contribution < 1.29 is 0 Å². The van der Waals surface area contributed by atoms with Crippen molar-refractivity contribution in [2.24, 2.45) is 0 Å². The first-order chi connectivity index (χ1) is 6.28. The molecule has 0 saturated carbocycles. The summed E-state index contributed by atoms with van der Waals surface area (Å²) in [4.78, 5) is 0. The molecule has 0 rings (SSSR count). The van der Waals surface area contributed by atoms with Gasteiger partial charge >= 0.3 is 0 Å². The zero-order valence-corrected chi connectivity index (χ0v) is 16.6. The van der Waals surface area contributed by atoms with Crippen LogP contribution in [0.25, 0.3) is 0 Å². The Kier molecular flexibility index (Phi) is 5.04. The molecule has 0 fully saturated rings. The van der Waals surface area contributed by atoms with E-state index in [2.05, 4.69) is 58.9 Å². The molecule has 0 aromatic heterocycles. The van der Waals surface area contributed by atoms with E-state index < -0.39 is 31.0 Å². The van der Waals surface area contributed by atoms with E-state index in [4.69, 9.17) is 11.1 Å². The van der Waals surface area contributed by atoms with Gasteiger partial charge in [-0.25, -0.2) is 0 Å². The van der Waals surface area contributed by atoms with Crippen molar-refractivity contribution in [3.05, 3.63) is 0 Å². The fraction of sp³-hybridized carbons (Fsp3) is 0.900. The molecule has 0 nitrogen and oxygen atoms in total. The smallest absolute Gasteiger partial charge is 0.102 e. The molecule has 0 saturated heterocycles. The largest absolute Gasteiger partial charge is 0.144 e. The lowest BCUT2D eigenvalue weighted by atomic mass is 11.7. The molecule has 0 aliphatic rings. The van der Waals surface area contributed by atoms with Crippen molar-refractivity contribution in [2.75, 3.05) is 0 Å². The molecule has 0 N–H and O–H groups in total. The average Bonchev–Trinajstić information content (AvgIpc) is 1.76. The van der Waals surface area contributed by atoms with Gasteiger partial charge in [-0.2, -0.15) is 0 Å². The number of hydrogen-bond acceptors (Lipinski definition) is 0. The molecule has 15 heavy (non-hydrogen) atoms. The molecule has 0 atom stereocenters. The summed E-state index contributed by atoms with van der Waals surface area (Å²) in [7, 11) is -4.19. The van der Waals surface area contributed by atoms with Gasteiger partial charge in [0, 0.05) is 0 Å². The summed E-state index contributed by atoms with van der Waals surface area (Å²) in [6.45, 7) is 22.2. The highest BCUT2D eigenvalue weighted by Gasteiger charge is 2.37. The molecule has 90 valence electrons. The Balaban J connectivity index is 5.71. The summed E-state index contributed by atoms with van der Waals surface area (Å²) in [5, 5.41) is 0. The van der Waals surface area contributed by atoms with E-state index in [1.54, 1.807) is 0 Å². The van der Waals surface area contributed by atoms with Crippen LogP contribution in [-0.2, 0) is 0 Å². The molecular weight excluding hydrogens is 268 g/mol. The fourth-order valence-electron chi connectivity index (χ4n) is 2.16. The van der Waals surface area contributed by atoms with Gasteiger partial charge in [0.2, 0.25) is 0 Å². The van der Waals surface area contributed by atoms with E-state index in [-0.39, 0.29) is 0 Å². The van der Waals surface area contributed by atoms with Gasteiger partial charge in [-0.3, -0.25) is 0 Å². The first-order valence-corrected chi connectivity index (χ1v) is 19.7. The third-order valence-electron chi connectivity index (χ3n) is 2.38. The molecular formula is C10H27ClSi4. The van der Waals surface area contributed by atoms with Crippen LogP contribution < -0.4 is 0 Å². The van der Waals surface area contributed by atoms with Crippen molar-refractivity contribution >= 4 is 46.5 Å². The van der Waals surface area contributed by atoms with Crippen LogP contribution >= 0.6 is 11.1 Å². The normalized spacial score (nSPS) is 14.0. The zero-order chi connectivity index (χ0) is 12.7. The lowest BCUT2D eigenvalue weighted by molar-refractivity contribution is 1.79. The molecule has 0 aromatic carbocycles. The predicted molar refractivity (Wildman–Crippen MR) is 86.7 cm³/mol. The third-order valence-corrected chi connectivity index (χ3v) is 30.5. The summed E-state index contributed by atoms with van der Waals surface area (Å²) < 4.78 is 1.89. The van der Waals surface area contributed by atoms with Crippen molar-refractivity contribution in [1.82, 2.24) is 0 Å². The summed E-state index contributed by atoms with van der Waals surface area (Å²) in [5.41, 5.74) is 0. The number of halogens is 1. The molecule has 0 radical (unpaired) electrons. The van der Waals surface area contributed by atoms with Crippen molar-refractivity contribution in [1.29, 1.82) is 0 Å². The Morgan fingerprint density at radius 1 is 0.733 bits per heavy atom. The Morgan fingerprint density at radius 2 is 1.00 bits per heavy atom. The zero-order valence-electron chi connectivity index (χ0n) is 11.9. The van der Waals surface area contributed by atoms with Crippen LogP contribution in [0.15, 0.2) is 0 Å². The molecule has 0 heterocycles. The molecule has 0 spiro atoms. The molecule has 0 aliphatic heterocycles. The van der Waals surface area contributed by atoms with Gasteiger partial charge in [0.25, 0.3) is 0 Å². The summed E-state index contributed by atoms with van der Waals surface area (Å²) in [6, 6.07) is 0. The van der Waals surface area contributed by atoms with Gasteiger partial charge in [0.05, 0.1) is 23.7 Å². The van der Waals surface area contributed by atoms with E-state index in [0.29, 0.717) is 0 Å². The highest BCUT2D eigenvalue weighted by atomic mass is 35.6. The second-order valence-electron chi connectivity index (χ2n) is 7.44. The third kappa shape index (κ3) is 4.81. The molecule has 0 unspecified atom stereocenters. The molecule has 5 heteroatoms. The maximum Gasteiger partial charge on any atom is 0.102 e. The van der Waals surface area contributed by atoms with Crippen molar-refractivity contribution in [2.45, 2.75) is 58.9 Å². The monoisotopic (exact) mass is 294 g/mol. The fourth-order valence-corrected chi connectivity index (χ4v) is 38.0. The van der Waals surface area contributed by atoms with Gasteiger partial charge in [-0.05, 0) is 0 Å². The van der Waals surface area contributed by atoms with Gasteiger partial charge in [0.15, 0.2) is 0 Å². The van der Waals surface area contributed by atoms with Crippen LogP contribution in [0.2, 0.25) is 58.9 Å². The van der Waals surface area contributed by atoms with Gasteiger partial charge in [-0.15, -0.1) is 11.1 Å². The Bertz CT molecular complexity index is 247. The quantitative estimate of drug-likeness (QED) is 0.542. The summed E-state index contributed by atoms with van der Waals surface area (Å²) in [6.07, 6.45) is 0. The van der Waals surface area contributed by atoms with Crippen molar-refractivity contribution in [3.63, 3.8) is 0 Å². The SMILES string of the molecule is C[Si](C)(C)C(=[Si](Cl)[Si](C)(C)C)[Si](C)(C)C. The lowest BCUT2D eigenvalue weighted by Crippen LogP contribution is -2.57. The first kappa shape index (κ1) is 16.0. The van der Waals surface area contributed by atoms with E-state index in [1.165, 1.54) is 0 Å². The number of rotatable bonds is 3. The van der Waals surface area contributed by atoms with Gasteiger partial charge in [-0.1, -0.05) is 63.3 Å². The second-order valence-corrected chi connectivity index (χ2v) is 32.7. The van der Waals surface area contributed by atoms with Crippen LogP contribution in [0.5, 0.6) is 0 Å². The van der Waals surface area contributed by atoms with Crippen LogP contribution in [0, 0.1) is 0 Å². The second kappa shape index (κ2) is 4.72. The van der Waals surface area contributed by atoms with Crippen LogP contribution in [0.1, 0.15) is 0 Å². The number of hydrogen-bond donors (Lipinski definition) is 0. The molecule has 0 bridgehead atoms. The Morgan fingerprint density at radius 3 is 1.07 bits per heavy atom. The molecule has 0 amide bonds. The average molecular weight is 295 g/mol. The standard InChI is InChI=1S/C10H27ClSi4/c1-13(2,3)10(14(4,5)6)12(11)15(7,8)9/h1-9H3. The molecule has 0 aromatic rings. The predicted octanol–water partition coefficient (Wildman–Crippen LogP) is 4.14. The van der Waals surface area contributed by atoms with Crippen molar-refractivity contribution in [3.8, 4) is 0 Å². The lowest BCUT2D eigenvalue weighted by Gasteiger charge is -2.35. The Hall–Kier alpha value is 1.03. The first-order valence-electron chi connectivity index (χ1n) is 5.69. The van der Waals surface area contributed by atoms with Crippen LogP contribution in [-0.4, -0.2) is 35.4 Å². The Labute approximate surface area is 105 Å². The van der Waals surface area contributed by atoms with E-state index >= 15 is 0 Å². The van der Waals surface area contributed by atoms with E-state index in [0.717, 1.165) is 0 Å². The topological polar surface area (TPSA) is 0 Å².